The van der Waals surface area contributed by atoms with E-state index in [0.717, 1.165) is 30.5 Å². The first-order chi connectivity index (χ1) is 15.7. The maximum absolute atomic E-state index is 13.2. The van der Waals surface area contributed by atoms with Crippen molar-refractivity contribution < 1.29 is 14.3 Å². The number of H-pyrrole nitrogens is 1. The third kappa shape index (κ3) is 4.02. The van der Waals surface area contributed by atoms with E-state index in [1.54, 1.807) is 10.6 Å². The summed E-state index contributed by atoms with van der Waals surface area (Å²) in [6, 6.07) is 9.13. The van der Waals surface area contributed by atoms with Crippen molar-refractivity contribution >= 4 is 28.7 Å². The van der Waals surface area contributed by atoms with Crippen LogP contribution in [0.4, 0.5) is 4.79 Å². The molecular formula is C24H27ClN4O4. The van der Waals surface area contributed by atoms with E-state index in [1.807, 2.05) is 49.9 Å². The van der Waals surface area contributed by atoms with Crippen molar-refractivity contribution in [2.75, 3.05) is 6.61 Å². The number of hydrogen-bond donors (Lipinski definition) is 1. The van der Waals surface area contributed by atoms with E-state index in [1.165, 1.54) is 6.33 Å². The van der Waals surface area contributed by atoms with Crippen LogP contribution >= 0.6 is 11.6 Å². The summed E-state index contributed by atoms with van der Waals surface area (Å²) in [6.07, 6.45) is 4.01. The molecule has 0 spiro atoms. The molecule has 3 aromatic rings. The molecule has 2 aromatic heterocycles. The predicted octanol–water partition coefficient (Wildman–Crippen LogP) is 4.60. The molecule has 3 atom stereocenters. The maximum atomic E-state index is 13.2. The SMILES string of the molecule is CC(C)(C)OC(=O)N1C(c2ccc(-n3c(Cl)cc4c(=O)[nH]cnc43)cc2)COC2CCCC21. The summed E-state index contributed by atoms with van der Waals surface area (Å²) in [5, 5.41) is 0.822. The Hall–Kier alpha value is -2.84. The van der Waals surface area contributed by atoms with Crippen molar-refractivity contribution in [1.82, 2.24) is 19.4 Å². The normalized spacial score (nSPS) is 23.0. The molecule has 3 unspecified atom stereocenters. The van der Waals surface area contributed by atoms with E-state index in [-0.39, 0.29) is 29.8 Å². The van der Waals surface area contributed by atoms with Gasteiger partial charge in [0.2, 0.25) is 0 Å². The largest absolute Gasteiger partial charge is 0.444 e. The highest BCUT2D eigenvalue weighted by Gasteiger charge is 2.45. The summed E-state index contributed by atoms with van der Waals surface area (Å²) < 4.78 is 13.6. The van der Waals surface area contributed by atoms with Gasteiger partial charge in [-0.2, -0.15) is 0 Å². The Kier molecular flexibility index (Phi) is 5.45. The van der Waals surface area contributed by atoms with Crippen molar-refractivity contribution in [2.24, 2.45) is 0 Å². The van der Waals surface area contributed by atoms with E-state index >= 15 is 0 Å². The van der Waals surface area contributed by atoms with Crippen LogP contribution in [0.3, 0.4) is 0 Å². The smallest absolute Gasteiger partial charge is 0.411 e. The minimum atomic E-state index is -0.574. The quantitative estimate of drug-likeness (QED) is 0.591. The third-order valence-electron chi connectivity index (χ3n) is 6.28. The van der Waals surface area contributed by atoms with Crippen LogP contribution in [0.5, 0.6) is 0 Å². The summed E-state index contributed by atoms with van der Waals surface area (Å²) in [5.74, 6) is 0. The van der Waals surface area contributed by atoms with E-state index in [4.69, 9.17) is 21.1 Å². The van der Waals surface area contributed by atoms with E-state index < -0.39 is 5.60 Å². The first kappa shape index (κ1) is 22.0. The number of morpholine rings is 1. The zero-order valence-corrected chi connectivity index (χ0v) is 19.6. The van der Waals surface area contributed by atoms with Crippen LogP contribution < -0.4 is 5.56 Å². The predicted molar refractivity (Wildman–Crippen MR) is 125 cm³/mol. The Bertz CT molecular complexity index is 1240. The number of carbonyl (C=O) groups is 1. The summed E-state index contributed by atoms with van der Waals surface area (Å²) in [5.41, 5.74) is 1.40. The van der Waals surface area contributed by atoms with Gasteiger partial charge in [0.25, 0.3) is 5.56 Å². The molecule has 1 aliphatic carbocycles. The second-order valence-electron chi connectivity index (χ2n) is 9.64. The molecule has 33 heavy (non-hydrogen) atoms. The van der Waals surface area contributed by atoms with Crippen molar-refractivity contribution in [3.8, 4) is 5.69 Å². The number of halogens is 1. The number of rotatable bonds is 2. The fraction of sp³-hybridized carbons (Fsp3) is 0.458. The second kappa shape index (κ2) is 8.18. The first-order valence-electron chi connectivity index (χ1n) is 11.2. The lowest BCUT2D eigenvalue weighted by Crippen LogP contribution is -2.54. The Labute approximate surface area is 196 Å². The number of nitrogens with zero attached hydrogens (tertiary/aromatic N) is 3. The molecule has 1 amide bonds. The van der Waals surface area contributed by atoms with E-state index in [2.05, 4.69) is 9.97 Å². The molecule has 3 heterocycles. The molecule has 1 saturated carbocycles. The van der Waals surface area contributed by atoms with Crippen molar-refractivity contribution in [3.63, 3.8) is 0 Å². The molecule has 2 fully saturated rings. The van der Waals surface area contributed by atoms with Crippen molar-refractivity contribution in [3.05, 3.63) is 57.7 Å². The monoisotopic (exact) mass is 470 g/mol. The van der Waals surface area contributed by atoms with Gasteiger partial charge in [-0.3, -0.25) is 14.3 Å². The first-order valence-corrected chi connectivity index (χ1v) is 11.6. The number of hydrogen-bond acceptors (Lipinski definition) is 5. The lowest BCUT2D eigenvalue weighted by atomic mass is 10.00. The average Bonchev–Trinajstić information content (AvgIpc) is 3.36. The van der Waals surface area contributed by atoms with Crippen LogP contribution in [0.2, 0.25) is 5.15 Å². The summed E-state index contributed by atoms with van der Waals surface area (Å²) in [4.78, 5) is 34.0. The van der Waals surface area contributed by atoms with E-state index in [9.17, 15) is 9.59 Å². The molecule has 1 saturated heterocycles. The summed E-state index contributed by atoms with van der Waals surface area (Å²) in [6.45, 7) is 6.06. The summed E-state index contributed by atoms with van der Waals surface area (Å²) >= 11 is 6.43. The highest BCUT2D eigenvalue weighted by Crippen LogP contribution is 2.39. The highest BCUT2D eigenvalue weighted by molar-refractivity contribution is 6.31. The van der Waals surface area contributed by atoms with Crippen LogP contribution in [-0.4, -0.2) is 49.9 Å². The van der Waals surface area contributed by atoms with Gasteiger partial charge in [0, 0.05) is 5.69 Å². The van der Waals surface area contributed by atoms with Crippen LogP contribution in [0, 0.1) is 0 Å². The minimum absolute atomic E-state index is 0.0111. The van der Waals surface area contributed by atoms with Crippen molar-refractivity contribution in [1.29, 1.82) is 0 Å². The molecular weight excluding hydrogens is 444 g/mol. The number of carbonyl (C=O) groups excluding carboxylic acids is 1. The van der Waals surface area contributed by atoms with Gasteiger partial charge in [-0.25, -0.2) is 9.78 Å². The lowest BCUT2D eigenvalue weighted by Gasteiger charge is -2.44. The molecule has 1 N–H and O–H groups in total. The van der Waals surface area contributed by atoms with Crippen LogP contribution in [0.1, 0.15) is 51.6 Å². The van der Waals surface area contributed by atoms with Gasteiger partial charge >= 0.3 is 6.09 Å². The average molecular weight is 471 g/mol. The van der Waals surface area contributed by atoms with Gasteiger partial charge in [0.1, 0.15) is 10.8 Å². The number of fused-ring (bicyclic) bond motifs is 2. The Morgan fingerprint density at radius 1 is 1.24 bits per heavy atom. The fourth-order valence-corrected chi connectivity index (χ4v) is 5.15. The number of ether oxygens (including phenoxy) is 2. The van der Waals surface area contributed by atoms with Gasteiger partial charge in [-0.15, -0.1) is 0 Å². The number of benzene rings is 1. The van der Waals surface area contributed by atoms with Crippen LogP contribution in [-0.2, 0) is 9.47 Å². The van der Waals surface area contributed by atoms with Crippen LogP contribution in [0.25, 0.3) is 16.7 Å². The second-order valence-corrected chi connectivity index (χ2v) is 10.0. The van der Waals surface area contributed by atoms with Gasteiger partial charge in [-0.05, 0) is 63.8 Å². The zero-order chi connectivity index (χ0) is 23.3. The lowest BCUT2D eigenvalue weighted by molar-refractivity contribution is -0.0932. The molecule has 8 nitrogen and oxygen atoms in total. The van der Waals surface area contributed by atoms with Gasteiger partial charge in [-0.1, -0.05) is 23.7 Å². The number of aromatic amines is 1. The Morgan fingerprint density at radius 3 is 2.73 bits per heavy atom. The number of aromatic nitrogens is 3. The highest BCUT2D eigenvalue weighted by atomic mass is 35.5. The maximum Gasteiger partial charge on any atom is 0.411 e. The zero-order valence-electron chi connectivity index (χ0n) is 18.9. The van der Waals surface area contributed by atoms with Gasteiger partial charge < -0.3 is 14.5 Å². The third-order valence-corrected chi connectivity index (χ3v) is 6.55. The van der Waals surface area contributed by atoms with Crippen molar-refractivity contribution in [2.45, 2.75) is 63.8 Å². The molecule has 0 radical (unpaired) electrons. The minimum Gasteiger partial charge on any atom is -0.444 e. The molecule has 0 bridgehead atoms. The summed E-state index contributed by atoms with van der Waals surface area (Å²) in [7, 11) is 0. The topological polar surface area (TPSA) is 89.5 Å². The Morgan fingerprint density at radius 2 is 2.00 bits per heavy atom. The molecule has 174 valence electrons. The van der Waals surface area contributed by atoms with Gasteiger partial charge in [0.05, 0.1) is 36.5 Å². The van der Waals surface area contributed by atoms with Crippen LogP contribution in [0.15, 0.2) is 41.5 Å². The standard InChI is InChI=1S/C24H27ClN4O4/c1-24(2,3)33-23(31)29-17-5-4-6-19(17)32-12-18(29)14-7-9-15(10-8-14)28-20(25)11-16-21(28)26-13-27-22(16)30/h7-11,13,17-19H,4-6,12H2,1-3H3,(H,26,27,30). The Balaban J connectivity index is 1.49. The number of nitrogens with one attached hydrogen (secondary N) is 1. The fourth-order valence-electron chi connectivity index (χ4n) is 4.86. The number of amides is 1. The molecule has 9 heteroatoms. The van der Waals surface area contributed by atoms with Gasteiger partial charge in [0.15, 0.2) is 5.65 Å². The molecule has 5 rings (SSSR count). The molecule has 1 aromatic carbocycles. The molecule has 1 aliphatic heterocycles. The molecule has 2 aliphatic rings. The van der Waals surface area contributed by atoms with E-state index in [0.29, 0.717) is 22.8 Å².